The zero-order chi connectivity index (χ0) is 15.2. The van der Waals surface area contributed by atoms with Crippen LogP contribution in [0, 0.1) is 0 Å². The molecule has 1 aromatic carbocycles. The molecule has 8 heteroatoms. The molecule has 0 aliphatic carbocycles. The zero-order valence-corrected chi connectivity index (χ0v) is 11.8. The van der Waals surface area contributed by atoms with Crippen LogP contribution in [0.4, 0.5) is 18.9 Å². The van der Waals surface area contributed by atoms with Gasteiger partial charge in [0.15, 0.2) is 0 Å². The largest absolute Gasteiger partial charge is 0.389 e. The second-order valence-corrected chi connectivity index (χ2v) is 5.94. The molecular formula is C12H17F3N2O2S. The van der Waals surface area contributed by atoms with E-state index in [9.17, 15) is 21.6 Å². The monoisotopic (exact) mass is 310 g/mol. The van der Waals surface area contributed by atoms with E-state index in [0.717, 1.165) is 0 Å². The molecule has 0 fully saturated rings. The van der Waals surface area contributed by atoms with Gasteiger partial charge >= 0.3 is 6.18 Å². The first-order valence-corrected chi connectivity index (χ1v) is 7.63. The summed E-state index contributed by atoms with van der Waals surface area (Å²) in [5.74, 6) is 0. The van der Waals surface area contributed by atoms with Crippen molar-refractivity contribution in [3.05, 3.63) is 24.3 Å². The number of alkyl halides is 3. The third-order valence-corrected chi connectivity index (χ3v) is 4.03. The van der Waals surface area contributed by atoms with Gasteiger partial charge in [-0.1, -0.05) is 6.92 Å². The van der Waals surface area contributed by atoms with Gasteiger partial charge in [-0.3, -0.25) is 0 Å². The van der Waals surface area contributed by atoms with Crippen molar-refractivity contribution in [3.8, 4) is 0 Å². The highest BCUT2D eigenvalue weighted by Gasteiger charge is 2.25. The fraction of sp³-hybridized carbons (Fsp3) is 0.500. The highest BCUT2D eigenvalue weighted by Crippen LogP contribution is 2.21. The van der Waals surface area contributed by atoms with Crippen molar-refractivity contribution in [2.24, 2.45) is 0 Å². The Kier molecular flexibility index (Phi) is 5.82. The van der Waals surface area contributed by atoms with Crippen molar-refractivity contribution in [2.45, 2.75) is 30.8 Å². The standard InChI is InChI=1S/C12H17F3N2O2S/c1-2-17-20(18,19)11-6-4-10(5-7-11)16-9-3-8-12(13,14)15/h4-7,16-17H,2-3,8-9H2,1H3. The van der Waals surface area contributed by atoms with E-state index in [2.05, 4.69) is 10.0 Å². The summed E-state index contributed by atoms with van der Waals surface area (Å²) in [4.78, 5) is 0.125. The first kappa shape index (κ1) is 16.8. The van der Waals surface area contributed by atoms with Crippen molar-refractivity contribution in [2.75, 3.05) is 18.4 Å². The lowest BCUT2D eigenvalue weighted by molar-refractivity contribution is -0.134. The maximum absolute atomic E-state index is 11.9. The van der Waals surface area contributed by atoms with E-state index in [1.165, 1.54) is 24.3 Å². The predicted octanol–water partition coefficient (Wildman–Crippen LogP) is 2.74. The fourth-order valence-electron chi connectivity index (χ4n) is 1.55. The third kappa shape index (κ3) is 5.79. The van der Waals surface area contributed by atoms with Crippen molar-refractivity contribution in [1.82, 2.24) is 4.72 Å². The summed E-state index contributed by atoms with van der Waals surface area (Å²) in [5.41, 5.74) is 0.586. The molecule has 0 saturated heterocycles. The molecule has 0 heterocycles. The molecule has 0 aliphatic heterocycles. The number of hydrogen-bond acceptors (Lipinski definition) is 3. The molecule has 0 radical (unpaired) electrons. The van der Waals surface area contributed by atoms with Crippen molar-refractivity contribution in [3.63, 3.8) is 0 Å². The number of sulfonamides is 1. The van der Waals surface area contributed by atoms with Gasteiger partial charge < -0.3 is 5.32 Å². The molecule has 0 spiro atoms. The van der Waals surface area contributed by atoms with Crippen LogP contribution in [0.3, 0.4) is 0 Å². The molecule has 1 aromatic rings. The van der Waals surface area contributed by atoms with Crippen LogP contribution in [0.25, 0.3) is 0 Å². The lowest BCUT2D eigenvalue weighted by atomic mass is 10.3. The summed E-state index contributed by atoms with van der Waals surface area (Å²) in [6, 6.07) is 5.86. The first-order chi connectivity index (χ1) is 9.24. The summed E-state index contributed by atoms with van der Waals surface area (Å²) in [7, 11) is -3.50. The van der Waals surface area contributed by atoms with E-state index in [1.807, 2.05) is 0 Å². The number of benzene rings is 1. The lowest BCUT2D eigenvalue weighted by Gasteiger charge is -2.09. The van der Waals surface area contributed by atoms with Gasteiger partial charge in [-0.05, 0) is 30.7 Å². The molecule has 1 rings (SSSR count). The van der Waals surface area contributed by atoms with Crippen LogP contribution in [0.15, 0.2) is 29.2 Å². The fourth-order valence-corrected chi connectivity index (χ4v) is 2.59. The van der Waals surface area contributed by atoms with Crippen molar-refractivity contribution < 1.29 is 21.6 Å². The number of hydrogen-bond donors (Lipinski definition) is 2. The number of rotatable bonds is 7. The first-order valence-electron chi connectivity index (χ1n) is 6.15. The van der Waals surface area contributed by atoms with Crippen LogP contribution >= 0.6 is 0 Å². The Bertz CT molecular complexity index is 512. The van der Waals surface area contributed by atoms with Crippen LogP contribution in [-0.2, 0) is 10.0 Å². The van der Waals surface area contributed by atoms with E-state index in [1.54, 1.807) is 6.92 Å². The molecule has 0 aromatic heterocycles. The Morgan fingerprint density at radius 1 is 1.15 bits per heavy atom. The maximum atomic E-state index is 11.9. The smallest absolute Gasteiger partial charge is 0.385 e. The van der Waals surface area contributed by atoms with Crippen LogP contribution in [0.1, 0.15) is 19.8 Å². The Balaban J connectivity index is 2.51. The van der Waals surface area contributed by atoms with Gasteiger partial charge in [-0.25, -0.2) is 13.1 Å². The third-order valence-electron chi connectivity index (χ3n) is 2.47. The van der Waals surface area contributed by atoms with E-state index in [0.29, 0.717) is 12.2 Å². The molecule has 4 nitrogen and oxygen atoms in total. The van der Waals surface area contributed by atoms with Crippen LogP contribution in [0.5, 0.6) is 0 Å². The number of anilines is 1. The minimum Gasteiger partial charge on any atom is -0.385 e. The van der Waals surface area contributed by atoms with Gasteiger partial charge in [-0.15, -0.1) is 0 Å². The summed E-state index contributed by atoms with van der Waals surface area (Å²) in [5, 5.41) is 2.81. The number of halogens is 3. The van der Waals surface area contributed by atoms with E-state index < -0.39 is 22.6 Å². The minimum atomic E-state index is -4.15. The summed E-state index contributed by atoms with van der Waals surface area (Å²) >= 11 is 0. The predicted molar refractivity (Wildman–Crippen MR) is 71.1 cm³/mol. The van der Waals surface area contributed by atoms with Gasteiger partial charge in [-0.2, -0.15) is 13.2 Å². The Morgan fingerprint density at radius 2 is 1.75 bits per heavy atom. The molecule has 0 amide bonds. The van der Waals surface area contributed by atoms with Crippen LogP contribution < -0.4 is 10.0 Å². The Morgan fingerprint density at radius 3 is 2.25 bits per heavy atom. The second kappa shape index (κ2) is 6.94. The molecule has 0 atom stereocenters. The quantitative estimate of drug-likeness (QED) is 0.761. The number of nitrogens with one attached hydrogen (secondary N) is 2. The Labute approximate surface area is 116 Å². The normalized spacial score (nSPS) is 12.4. The summed E-state index contributed by atoms with van der Waals surface area (Å²) < 4.78 is 61.5. The van der Waals surface area contributed by atoms with Gasteiger partial charge in [0.2, 0.25) is 10.0 Å². The lowest BCUT2D eigenvalue weighted by Crippen LogP contribution is -2.23. The molecule has 0 unspecified atom stereocenters. The topological polar surface area (TPSA) is 58.2 Å². The second-order valence-electron chi connectivity index (χ2n) is 4.17. The van der Waals surface area contributed by atoms with Gasteiger partial charge in [0, 0.05) is 25.2 Å². The van der Waals surface area contributed by atoms with Crippen LogP contribution in [0.2, 0.25) is 0 Å². The van der Waals surface area contributed by atoms with Crippen molar-refractivity contribution in [1.29, 1.82) is 0 Å². The molecular weight excluding hydrogens is 293 g/mol. The Hall–Kier alpha value is -1.28. The molecule has 0 saturated carbocycles. The SMILES string of the molecule is CCNS(=O)(=O)c1ccc(NCCCC(F)(F)F)cc1. The van der Waals surface area contributed by atoms with Gasteiger partial charge in [0.1, 0.15) is 0 Å². The molecule has 0 bridgehead atoms. The van der Waals surface area contributed by atoms with Crippen molar-refractivity contribution >= 4 is 15.7 Å². The average Bonchev–Trinajstić information content (AvgIpc) is 2.34. The van der Waals surface area contributed by atoms with Crippen LogP contribution in [-0.4, -0.2) is 27.7 Å². The minimum absolute atomic E-state index is 0.0268. The van der Waals surface area contributed by atoms with Gasteiger partial charge in [0.05, 0.1) is 4.90 Å². The molecule has 0 aliphatic rings. The highest BCUT2D eigenvalue weighted by molar-refractivity contribution is 7.89. The molecule has 20 heavy (non-hydrogen) atoms. The maximum Gasteiger partial charge on any atom is 0.389 e. The van der Waals surface area contributed by atoms with Gasteiger partial charge in [0.25, 0.3) is 0 Å². The van der Waals surface area contributed by atoms with E-state index in [4.69, 9.17) is 0 Å². The summed E-state index contributed by atoms with van der Waals surface area (Å²) in [6.07, 6.45) is -5.01. The molecule has 2 N–H and O–H groups in total. The average molecular weight is 310 g/mol. The highest BCUT2D eigenvalue weighted by atomic mass is 32.2. The summed E-state index contributed by atoms with van der Waals surface area (Å²) in [6.45, 7) is 2.15. The van der Waals surface area contributed by atoms with E-state index >= 15 is 0 Å². The molecule has 114 valence electrons. The van der Waals surface area contributed by atoms with E-state index in [-0.39, 0.29) is 17.9 Å². The zero-order valence-electron chi connectivity index (χ0n) is 11.0.